The number of hydrogen-bond acceptors (Lipinski definition) is 4. The van der Waals surface area contributed by atoms with Gasteiger partial charge in [0.1, 0.15) is 0 Å². The average Bonchev–Trinajstić information content (AvgIpc) is 2.82. The molecule has 1 aromatic carbocycles. The molecule has 1 N–H and O–H groups in total. The van der Waals surface area contributed by atoms with E-state index in [9.17, 15) is 14.7 Å². The van der Waals surface area contributed by atoms with E-state index in [2.05, 4.69) is 5.10 Å². The summed E-state index contributed by atoms with van der Waals surface area (Å²) < 4.78 is 7.21. The van der Waals surface area contributed by atoms with E-state index in [0.717, 1.165) is 5.56 Å². The molecule has 0 bridgehead atoms. The third-order valence-electron chi connectivity index (χ3n) is 4.34. The number of halogens is 2. The fourth-order valence-corrected chi connectivity index (χ4v) is 3.29. The van der Waals surface area contributed by atoms with Crippen molar-refractivity contribution in [3.63, 3.8) is 0 Å². The van der Waals surface area contributed by atoms with Crippen LogP contribution >= 0.6 is 23.2 Å². The first-order chi connectivity index (χ1) is 12.5. The van der Waals surface area contributed by atoms with Gasteiger partial charge < -0.3 is 14.7 Å². The SMILES string of the molecule is O=C(O)N1CCO[C@H](Cn2ncccc2=O)[C@H](c2ccc(Cl)c(Cl)c2)C1. The van der Waals surface area contributed by atoms with Gasteiger partial charge in [0.25, 0.3) is 5.56 Å². The molecule has 1 fully saturated rings. The minimum atomic E-state index is -1.02. The van der Waals surface area contributed by atoms with E-state index in [1.54, 1.807) is 24.3 Å². The average molecular weight is 398 g/mol. The summed E-state index contributed by atoms with van der Waals surface area (Å²) in [5.41, 5.74) is 0.546. The molecule has 1 aromatic heterocycles. The van der Waals surface area contributed by atoms with Gasteiger partial charge in [0, 0.05) is 31.3 Å². The number of amides is 1. The Labute approximate surface area is 159 Å². The van der Waals surface area contributed by atoms with Crippen LogP contribution in [0.1, 0.15) is 11.5 Å². The maximum absolute atomic E-state index is 12.0. The van der Waals surface area contributed by atoms with Crippen LogP contribution < -0.4 is 5.56 Å². The Morgan fingerprint density at radius 3 is 2.81 bits per heavy atom. The highest BCUT2D eigenvalue weighted by Crippen LogP contribution is 2.31. The fraction of sp³-hybridized carbons (Fsp3) is 0.353. The molecule has 0 spiro atoms. The highest BCUT2D eigenvalue weighted by molar-refractivity contribution is 6.42. The zero-order chi connectivity index (χ0) is 18.7. The molecule has 26 heavy (non-hydrogen) atoms. The first-order valence-electron chi connectivity index (χ1n) is 8.02. The highest BCUT2D eigenvalue weighted by Gasteiger charge is 2.32. The van der Waals surface area contributed by atoms with Gasteiger partial charge in [-0.3, -0.25) is 4.79 Å². The van der Waals surface area contributed by atoms with Gasteiger partial charge in [0.15, 0.2) is 0 Å². The molecule has 1 aliphatic heterocycles. The van der Waals surface area contributed by atoms with E-state index >= 15 is 0 Å². The van der Waals surface area contributed by atoms with Crippen LogP contribution in [0, 0.1) is 0 Å². The van der Waals surface area contributed by atoms with Crippen molar-refractivity contribution in [2.75, 3.05) is 19.7 Å². The third kappa shape index (κ3) is 4.17. The number of hydrogen-bond donors (Lipinski definition) is 1. The van der Waals surface area contributed by atoms with Crippen molar-refractivity contribution in [2.45, 2.75) is 18.6 Å². The normalized spacial score (nSPS) is 20.6. The molecule has 3 rings (SSSR count). The molecule has 1 aliphatic rings. The van der Waals surface area contributed by atoms with Crippen LogP contribution in [-0.2, 0) is 11.3 Å². The maximum Gasteiger partial charge on any atom is 0.407 e. The third-order valence-corrected chi connectivity index (χ3v) is 5.08. The van der Waals surface area contributed by atoms with Gasteiger partial charge in [-0.2, -0.15) is 5.10 Å². The minimum absolute atomic E-state index is 0.206. The van der Waals surface area contributed by atoms with Crippen molar-refractivity contribution in [2.24, 2.45) is 0 Å². The molecule has 138 valence electrons. The number of ether oxygens (including phenoxy) is 1. The highest BCUT2D eigenvalue weighted by atomic mass is 35.5. The van der Waals surface area contributed by atoms with Crippen LogP contribution in [-0.4, -0.2) is 51.7 Å². The van der Waals surface area contributed by atoms with Crippen LogP contribution in [0.5, 0.6) is 0 Å². The molecular formula is C17H17Cl2N3O4. The second kappa shape index (κ2) is 8.07. The van der Waals surface area contributed by atoms with Gasteiger partial charge in [-0.1, -0.05) is 29.3 Å². The Morgan fingerprint density at radius 1 is 1.31 bits per heavy atom. The molecule has 0 radical (unpaired) electrons. The number of benzene rings is 1. The van der Waals surface area contributed by atoms with E-state index in [1.165, 1.54) is 21.8 Å². The van der Waals surface area contributed by atoms with Crippen molar-refractivity contribution >= 4 is 29.3 Å². The predicted molar refractivity (Wildman–Crippen MR) is 97.0 cm³/mol. The summed E-state index contributed by atoms with van der Waals surface area (Å²) in [7, 11) is 0. The molecule has 2 heterocycles. The maximum atomic E-state index is 12.0. The molecule has 9 heteroatoms. The van der Waals surface area contributed by atoms with Crippen molar-refractivity contribution in [1.29, 1.82) is 0 Å². The van der Waals surface area contributed by atoms with Crippen LogP contribution in [0.3, 0.4) is 0 Å². The Morgan fingerprint density at radius 2 is 2.12 bits per heavy atom. The Balaban J connectivity index is 1.95. The van der Waals surface area contributed by atoms with Gasteiger partial charge >= 0.3 is 6.09 Å². The number of carbonyl (C=O) groups is 1. The summed E-state index contributed by atoms with van der Waals surface area (Å²) >= 11 is 12.1. The Kier molecular flexibility index (Phi) is 5.80. The van der Waals surface area contributed by atoms with Crippen molar-refractivity contribution in [1.82, 2.24) is 14.7 Å². The fourth-order valence-electron chi connectivity index (χ4n) is 2.99. The lowest BCUT2D eigenvalue weighted by Gasteiger charge is -2.27. The summed E-state index contributed by atoms with van der Waals surface area (Å²) in [6.45, 7) is 0.911. The molecule has 7 nitrogen and oxygen atoms in total. The van der Waals surface area contributed by atoms with Gasteiger partial charge in [-0.15, -0.1) is 0 Å². The van der Waals surface area contributed by atoms with Crippen molar-refractivity contribution in [3.8, 4) is 0 Å². The first-order valence-corrected chi connectivity index (χ1v) is 8.78. The topological polar surface area (TPSA) is 84.7 Å². The Bertz CT molecular complexity index is 858. The van der Waals surface area contributed by atoms with Gasteiger partial charge in [-0.25, -0.2) is 9.48 Å². The standard InChI is InChI=1S/C17H17Cl2N3O4/c18-13-4-3-11(8-14(13)19)12-9-21(17(24)25)6-7-26-15(12)10-22-16(23)2-1-5-20-22/h1-5,8,12,15H,6-7,9-10H2,(H,24,25)/t12-,15+/m0/s1. The second-order valence-electron chi connectivity index (χ2n) is 5.96. The van der Waals surface area contributed by atoms with Crippen LogP contribution in [0.15, 0.2) is 41.3 Å². The molecule has 2 aromatic rings. The molecule has 0 unspecified atom stereocenters. The first kappa shape index (κ1) is 18.7. The van der Waals surface area contributed by atoms with Crippen molar-refractivity contribution in [3.05, 3.63) is 62.5 Å². The smallest absolute Gasteiger partial charge is 0.407 e. The zero-order valence-corrected chi connectivity index (χ0v) is 15.2. The van der Waals surface area contributed by atoms with E-state index in [0.29, 0.717) is 10.0 Å². The van der Waals surface area contributed by atoms with E-state index in [1.807, 2.05) is 0 Å². The van der Waals surface area contributed by atoms with Crippen LogP contribution in [0.4, 0.5) is 4.79 Å². The molecule has 1 saturated heterocycles. The molecule has 0 saturated carbocycles. The lowest BCUT2D eigenvalue weighted by molar-refractivity contribution is 0.0356. The lowest BCUT2D eigenvalue weighted by Crippen LogP contribution is -2.37. The van der Waals surface area contributed by atoms with E-state index in [-0.39, 0.29) is 37.7 Å². The predicted octanol–water partition coefficient (Wildman–Crippen LogP) is 2.71. The number of aromatic nitrogens is 2. The van der Waals surface area contributed by atoms with E-state index in [4.69, 9.17) is 27.9 Å². The quantitative estimate of drug-likeness (QED) is 0.860. The molecule has 0 aliphatic carbocycles. The molecule has 1 amide bonds. The second-order valence-corrected chi connectivity index (χ2v) is 6.78. The van der Waals surface area contributed by atoms with Crippen LogP contribution in [0.2, 0.25) is 10.0 Å². The monoisotopic (exact) mass is 397 g/mol. The summed E-state index contributed by atoms with van der Waals surface area (Å²) in [6.07, 6.45) is 0.0639. The zero-order valence-electron chi connectivity index (χ0n) is 13.7. The number of nitrogens with zero attached hydrogens (tertiary/aromatic N) is 3. The minimum Gasteiger partial charge on any atom is -0.465 e. The summed E-state index contributed by atoms with van der Waals surface area (Å²) in [5, 5.41) is 14.3. The van der Waals surface area contributed by atoms with Crippen LogP contribution in [0.25, 0.3) is 0 Å². The van der Waals surface area contributed by atoms with E-state index < -0.39 is 12.2 Å². The van der Waals surface area contributed by atoms with Crippen molar-refractivity contribution < 1.29 is 14.6 Å². The number of rotatable bonds is 3. The summed E-state index contributed by atoms with van der Waals surface area (Å²) in [5.74, 6) is -0.322. The molecular weight excluding hydrogens is 381 g/mol. The Hall–Kier alpha value is -2.09. The largest absolute Gasteiger partial charge is 0.465 e. The van der Waals surface area contributed by atoms with Gasteiger partial charge in [0.05, 0.1) is 29.3 Å². The van der Waals surface area contributed by atoms with Gasteiger partial charge in [-0.05, 0) is 23.8 Å². The molecule has 2 atom stereocenters. The van der Waals surface area contributed by atoms with Gasteiger partial charge in [0.2, 0.25) is 0 Å². The number of carboxylic acid groups (broad SMARTS) is 1. The lowest BCUT2D eigenvalue weighted by atomic mass is 9.92. The summed E-state index contributed by atoms with van der Waals surface area (Å²) in [4.78, 5) is 24.8. The summed E-state index contributed by atoms with van der Waals surface area (Å²) in [6, 6.07) is 8.15.